The molecule has 2 aromatic rings. The number of hydrogen-bond donors (Lipinski definition) is 1. The number of cyclic esters (lactones) is 1. The topological polar surface area (TPSA) is 68.6 Å². The fraction of sp³-hybridized carbons (Fsp3) is 0.462. The van der Waals surface area contributed by atoms with E-state index >= 15 is 0 Å². The molecule has 2 atom stereocenters. The minimum atomic E-state index is -0.446. The van der Waals surface area contributed by atoms with Crippen LogP contribution in [0.15, 0.2) is 24.3 Å². The van der Waals surface area contributed by atoms with E-state index in [0.29, 0.717) is 18.2 Å². The zero-order chi connectivity index (χ0) is 23.1. The highest BCUT2D eigenvalue weighted by Crippen LogP contribution is 2.29. The van der Waals surface area contributed by atoms with Gasteiger partial charge in [-0.05, 0) is 54.7 Å². The van der Waals surface area contributed by atoms with E-state index in [9.17, 15) is 14.4 Å². The van der Waals surface area contributed by atoms with E-state index in [1.807, 2.05) is 25.1 Å². The summed E-state index contributed by atoms with van der Waals surface area (Å²) < 4.78 is 19.1. The maximum atomic E-state index is 13.9. The molecule has 1 unspecified atom stereocenters. The van der Waals surface area contributed by atoms with Gasteiger partial charge in [0.05, 0.1) is 11.1 Å². The molecule has 0 aromatic heterocycles. The molecule has 2 saturated heterocycles. The summed E-state index contributed by atoms with van der Waals surface area (Å²) in [5.74, 6) is -0.655. The maximum Gasteiger partial charge on any atom is 0.338 e. The van der Waals surface area contributed by atoms with Crippen molar-refractivity contribution < 1.29 is 13.9 Å². The van der Waals surface area contributed by atoms with Gasteiger partial charge in [0.25, 0.3) is 0 Å². The van der Waals surface area contributed by atoms with Crippen molar-refractivity contribution in [2.75, 3.05) is 39.3 Å². The Bertz CT molecular complexity index is 1140. The monoisotopic (exact) mass is 448 g/mol. The molecule has 0 spiro atoms. The Balaban J connectivity index is 1.20. The number of piperazine rings is 2. The van der Waals surface area contributed by atoms with Crippen LogP contribution in [0.5, 0.6) is 0 Å². The molecule has 0 amide bonds. The smallest absolute Gasteiger partial charge is 0.338 e. The zero-order valence-corrected chi connectivity index (χ0v) is 19.2. The highest BCUT2D eigenvalue weighted by atomic mass is 19.1. The summed E-state index contributed by atoms with van der Waals surface area (Å²) in [6, 6.07) is 9.77. The van der Waals surface area contributed by atoms with Crippen LogP contribution in [0.4, 0.5) is 4.39 Å². The van der Waals surface area contributed by atoms with Gasteiger partial charge in [0.2, 0.25) is 0 Å². The second-order valence-electron chi connectivity index (χ2n) is 9.36. The van der Waals surface area contributed by atoms with Crippen LogP contribution in [0.25, 0.3) is 0 Å². The standard InChI is InChI=1S/C26H29FN4O2/c1-16-18(3-4-21-23(16)15-33-26(21)32)7-8-30-9-10-31-14-25(29-12-19(31)13-30)20-5-6-24(27)22(11-28)17(20)2/h3-6,19,25,29H,7-10,12-15H2,1-2H3/t19?,25-/m0/s1. The number of nitrogens with zero attached hydrogens (tertiary/aromatic N) is 3. The first-order valence-corrected chi connectivity index (χ1v) is 11.6. The molecule has 5 rings (SSSR count). The lowest BCUT2D eigenvalue weighted by molar-refractivity contribution is 0.0426. The Kier molecular flexibility index (Phi) is 5.92. The van der Waals surface area contributed by atoms with Crippen molar-refractivity contribution in [1.82, 2.24) is 15.1 Å². The molecule has 7 heteroatoms. The van der Waals surface area contributed by atoms with E-state index in [2.05, 4.69) is 28.1 Å². The number of fused-ring (bicyclic) bond motifs is 2. The normalized spacial score (nSPS) is 23.0. The third kappa shape index (κ3) is 4.04. The van der Waals surface area contributed by atoms with Crippen LogP contribution < -0.4 is 5.32 Å². The number of carbonyl (C=O) groups is 1. The molecule has 0 radical (unpaired) electrons. The van der Waals surface area contributed by atoms with Crippen molar-refractivity contribution in [3.63, 3.8) is 0 Å². The van der Waals surface area contributed by atoms with Crippen molar-refractivity contribution in [3.05, 3.63) is 69.0 Å². The average Bonchev–Trinajstić information content (AvgIpc) is 3.20. The Hall–Kier alpha value is -2.79. The summed E-state index contributed by atoms with van der Waals surface area (Å²) in [6.07, 6.45) is 0.960. The number of esters is 1. The molecule has 3 aliphatic heterocycles. The van der Waals surface area contributed by atoms with E-state index in [-0.39, 0.29) is 17.6 Å². The summed E-state index contributed by atoms with van der Waals surface area (Å²) >= 11 is 0. The number of carbonyl (C=O) groups excluding carboxylic acids is 1. The zero-order valence-electron chi connectivity index (χ0n) is 19.2. The quantitative estimate of drug-likeness (QED) is 0.726. The maximum absolute atomic E-state index is 13.9. The third-order valence-corrected chi connectivity index (χ3v) is 7.62. The lowest BCUT2D eigenvalue weighted by Gasteiger charge is -2.47. The summed E-state index contributed by atoms with van der Waals surface area (Å²) in [5.41, 5.74) is 6.14. The first-order chi connectivity index (χ1) is 16.0. The summed E-state index contributed by atoms with van der Waals surface area (Å²) in [5, 5.41) is 12.9. The number of ether oxygens (including phenoxy) is 1. The molecule has 2 aromatic carbocycles. The van der Waals surface area contributed by atoms with Crippen LogP contribution in [0.2, 0.25) is 0 Å². The number of nitriles is 1. The molecule has 0 bridgehead atoms. The van der Waals surface area contributed by atoms with Crippen LogP contribution in [0, 0.1) is 31.0 Å². The molecular formula is C26H29FN4O2. The molecule has 0 saturated carbocycles. The summed E-state index contributed by atoms with van der Waals surface area (Å²) in [6.45, 7) is 10.1. The van der Waals surface area contributed by atoms with Gasteiger partial charge in [0, 0.05) is 56.9 Å². The van der Waals surface area contributed by atoms with Crippen LogP contribution in [-0.4, -0.2) is 61.1 Å². The SMILES string of the molecule is Cc1c([C@@H]2CN3CCN(CCc4ccc5c(c4C)COC5=O)CC3CN2)ccc(F)c1C#N. The second-order valence-corrected chi connectivity index (χ2v) is 9.36. The van der Waals surface area contributed by atoms with Gasteiger partial charge in [-0.15, -0.1) is 0 Å². The van der Waals surface area contributed by atoms with Gasteiger partial charge in [0.15, 0.2) is 0 Å². The Morgan fingerprint density at radius 2 is 2.03 bits per heavy atom. The summed E-state index contributed by atoms with van der Waals surface area (Å²) in [7, 11) is 0. The van der Waals surface area contributed by atoms with Crippen LogP contribution in [0.3, 0.4) is 0 Å². The Labute approximate surface area is 193 Å². The van der Waals surface area contributed by atoms with Gasteiger partial charge >= 0.3 is 5.97 Å². The largest absolute Gasteiger partial charge is 0.457 e. The van der Waals surface area contributed by atoms with Crippen molar-refractivity contribution in [3.8, 4) is 6.07 Å². The van der Waals surface area contributed by atoms with Gasteiger partial charge < -0.3 is 15.0 Å². The third-order valence-electron chi connectivity index (χ3n) is 7.62. The van der Waals surface area contributed by atoms with Crippen LogP contribution in [0.1, 0.15) is 49.8 Å². The van der Waals surface area contributed by atoms with Gasteiger partial charge in [-0.1, -0.05) is 12.1 Å². The van der Waals surface area contributed by atoms with Gasteiger partial charge in [-0.25, -0.2) is 9.18 Å². The number of nitrogens with one attached hydrogen (secondary N) is 1. The molecule has 172 valence electrons. The molecule has 1 N–H and O–H groups in total. The van der Waals surface area contributed by atoms with Crippen molar-refractivity contribution in [2.45, 2.75) is 39.0 Å². The van der Waals surface area contributed by atoms with Crippen LogP contribution in [-0.2, 0) is 17.8 Å². The molecule has 6 nitrogen and oxygen atoms in total. The first-order valence-electron chi connectivity index (χ1n) is 11.6. The highest BCUT2D eigenvalue weighted by Gasteiger charge is 2.34. The minimum Gasteiger partial charge on any atom is -0.457 e. The Morgan fingerprint density at radius 1 is 1.18 bits per heavy atom. The molecule has 0 aliphatic carbocycles. The molecule has 33 heavy (non-hydrogen) atoms. The fourth-order valence-corrected chi connectivity index (χ4v) is 5.54. The van der Waals surface area contributed by atoms with Gasteiger partial charge in [0.1, 0.15) is 18.5 Å². The Morgan fingerprint density at radius 3 is 2.85 bits per heavy atom. The van der Waals surface area contributed by atoms with Gasteiger partial charge in [-0.3, -0.25) is 4.90 Å². The van der Waals surface area contributed by atoms with E-state index in [1.54, 1.807) is 0 Å². The van der Waals surface area contributed by atoms with E-state index in [4.69, 9.17) is 4.74 Å². The van der Waals surface area contributed by atoms with Gasteiger partial charge in [-0.2, -0.15) is 5.26 Å². The summed E-state index contributed by atoms with van der Waals surface area (Å²) in [4.78, 5) is 16.8. The average molecular weight is 449 g/mol. The minimum absolute atomic E-state index is 0.111. The lowest BCUT2D eigenvalue weighted by Crippen LogP contribution is -2.62. The van der Waals surface area contributed by atoms with Crippen molar-refractivity contribution in [1.29, 1.82) is 5.26 Å². The predicted molar refractivity (Wildman–Crippen MR) is 122 cm³/mol. The lowest BCUT2D eigenvalue weighted by atomic mass is 9.93. The fourth-order valence-electron chi connectivity index (χ4n) is 5.54. The number of rotatable bonds is 4. The predicted octanol–water partition coefficient (Wildman–Crippen LogP) is 2.86. The van der Waals surface area contributed by atoms with Crippen molar-refractivity contribution in [2.24, 2.45) is 0 Å². The second kappa shape index (κ2) is 8.86. The number of halogens is 1. The van der Waals surface area contributed by atoms with E-state index in [0.717, 1.165) is 62.4 Å². The van der Waals surface area contributed by atoms with Crippen LogP contribution >= 0.6 is 0 Å². The first kappa shape index (κ1) is 22.0. The van der Waals surface area contributed by atoms with Crippen molar-refractivity contribution >= 4 is 5.97 Å². The number of benzene rings is 2. The highest BCUT2D eigenvalue weighted by molar-refractivity contribution is 5.93. The van der Waals surface area contributed by atoms with E-state index < -0.39 is 5.82 Å². The van der Waals surface area contributed by atoms with E-state index in [1.165, 1.54) is 17.2 Å². The molecular weight excluding hydrogens is 419 g/mol. The molecule has 3 aliphatic rings. The number of hydrogen-bond acceptors (Lipinski definition) is 6. The molecule has 2 fully saturated rings. The molecule has 3 heterocycles.